The van der Waals surface area contributed by atoms with Crippen LogP contribution in [0.5, 0.6) is 0 Å². The largest absolute Gasteiger partial charge is 0.396 e. The minimum atomic E-state index is 0.0572. The lowest BCUT2D eigenvalue weighted by Crippen LogP contribution is -2.13. The SMILES string of the molecule is Cc1nnc2ccc(NC(CCO)c3cccs3)nn12. The van der Waals surface area contributed by atoms with E-state index in [1.807, 2.05) is 30.5 Å². The number of anilines is 1. The molecule has 0 spiro atoms. The zero-order valence-corrected chi connectivity index (χ0v) is 11.8. The number of nitrogens with one attached hydrogen (secondary N) is 1. The van der Waals surface area contributed by atoms with Crippen molar-refractivity contribution in [3.63, 3.8) is 0 Å². The van der Waals surface area contributed by atoms with E-state index in [2.05, 4.69) is 26.7 Å². The fourth-order valence-corrected chi connectivity index (χ4v) is 2.87. The average molecular weight is 289 g/mol. The normalized spacial score (nSPS) is 12.7. The third-order valence-corrected chi connectivity index (χ3v) is 4.03. The summed E-state index contributed by atoms with van der Waals surface area (Å²) in [4.78, 5) is 1.18. The molecule has 3 heterocycles. The van der Waals surface area contributed by atoms with Crippen molar-refractivity contribution < 1.29 is 5.11 Å². The van der Waals surface area contributed by atoms with Gasteiger partial charge in [0.05, 0.1) is 6.04 Å². The number of hydrogen-bond acceptors (Lipinski definition) is 6. The third-order valence-electron chi connectivity index (χ3n) is 3.05. The van der Waals surface area contributed by atoms with Crippen LogP contribution in [0, 0.1) is 6.92 Å². The Hall–Kier alpha value is -1.99. The van der Waals surface area contributed by atoms with Crippen molar-refractivity contribution in [1.29, 1.82) is 0 Å². The highest BCUT2D eigenvalue weighted by Crippen LogP contribution is 2.25. The van der Waals surface area contributed by atoms with E-state index in [-0.39, 0.29) is 12.6 Å². The molecule has 3 aromatic heterocycles. The number of rotatable bonds is 5. The summed E-state index contributed by atoms with van der Waals surface area (Å²) in [5.41, 5.74) is 0.725. The van der Waals surface area contributed by atoms with Gasteiger partial charge in [0.2, 0.25) is 0 Å². The maximum absolute atomic E-state index is 9.22. The van der Waals surface area contributed by atoms with Crippen molar-refractivity contribution in [2.24, 2.45) is 0 Å². The van der Waals surface area contributed by atoms with E-state index in [1.165, 1.54) is 4.88 Å². The molecule has 0 amide bonds. The van der Waals surface area contributed by atoms with Crippen LogP contribution >= 0.6 is 11.3 Å². The van der Waals surface area contributed by atoms with Gasteiger partial charge in [0.1, 0.15) is 5.82 Å². The van der Waals surface area contributed by atoms with Crippen LogP contribution in [0.2, 0.25) is 0 Å². The molecule has 7 heteroatoms. The van der Waals surface area contributed by atoms with E-state index in [0.29, 0.717) is 6.42 Å². The molecular formula is C13H15N5OS. The maximum Gasteiger partial charge on any atom is 0.178 e. The highest BCUT2D eigenvalue weighted by Gasteiger charge is 2.13. The van der Waals surface area contributed by atoms with Gasteiger partial charge >= 0.3 is 0 Å². The fraction of sp³-hybridized carbons (Fsp3) is 0.308. The van der Waals surface area contributed by atoms with Gasteiger partial charge in [-0.3, -0.25) is 0 Å². The van der Waals surface area contributed by atoms with Gasteiger partial charge in [0, 0.05) is 11.5 Å². The summed E-state index contributed by atoms with van der Waals surface area (Å²) in [6.45, 7) is 1.99. The summed E-state index contributed by atoms with van der Waals surface area (Å²) in [5, 5.41) is 27.1. The number of aryl methyl sites for hydroxylation is 1. The standard InChI is InChI=1S/C13H15N5OS/c1-9-15-16-13-5-4-12(17-18(9)13)14-10(6-7-19)11-3-2-8-20-11/h2-5,8,10,19H,6-7H2,1H3,(H,14,17). The van der Waals surface area contributed by atoms with Gasteiger partial charge in [-0.1, -0.05) is 6.07 Å². The minimum absolute atomic E-state index is 0.0572. The predicted molar refractivity (Wildman–Crippen MR) is 77.9 cm³/mol. The molecular weight excluding hydrogens is 274 g/mol. The van der Waals surface area contributed by atoms with Crippen molar-refractivity contribution in [3.8, 4) is 0 Å². The van der Waals surface area contributed by atoms with Gasteiger partial charge in [0.25, 0.3) is 0 Å². The molecule has 3 rings (SSSR count). The molecule has 0 aromatic carbocycles. The van der Waals surface area contributed by atoms with E-state index < -0.39 is 0 Å². The van der Waals surface area contributed by atoms with Crippen LogP contribution in [0.4, 0.5) is 5.82 Å². The molecule has 0 fully saturated rings. The lowest BCUT2D eigenvalue weighted by molar-refractivity contribution is 0.280. The van der Waals surface area contributed by atoms with Crippen LogP contribution in [0.15, 0.2) is 29.6 Å². The summed E-state index contributed by atoms with van der Waals surface area (Å²) < 4.78 is 1.70. The topological polar surface area (TPSA) is 75.3 Å². The minimum Gasteiger partial charge on any atom is -0.396 e. The summed E-state index contributed by atoms with van der Waals surface area (Å²) in [6.07, 6.45) is 0.640. The molecule has 6 nitrogen and oxygen atoms in total. The van der Waals surface area contributed by atoms with Crippen LogP contribution in [0.25, 0.3) is 5.65 Å². The number of fused-ring (bicyclic) bond motifs is 1. The van der Waals surface area contributed by atoms with Crippen molar-refractivity contribution in [2.45, 2.75) is 19.4 Å². The monoisotopic (exact) mass is 289 g/mol. The molecule has 1 atom stereocenters. The lowest BCUT2D eigenvalue weighted by atomic mass is 10.2. The third kappa shape index (κ3) is 2.50. The molecule has 0 aliphatic heterocycles. The Bertz CT molecular complexity index is 694. The van der Waals surface area contributed by atoms with Gasteiger partial charge < -0.3 is 10.4 Å². The summed E-state index contributed by atoms with van der Waals surface area (Å²) in [7, 11) is 0. The summed E-state index contributed by atoms with van der Waals surface area (Å²) in [6, 6.07) is 7.87. The molecule has 0 bridgehead atoms. The van der Waals surface area contributed by atoms with Gasteiger partial charge in [-0.25, -0.2) is 0 Å². The van der Waals surface area contributed by atoms with E-state index in [9.17, 15) is 5.11 Å². The van der Waals surface area contributed by atoms with Crippen molar-refractivity contribution >= 4 is 22.8 Å². The van der Waals surface area contributed by atoms with E-state index in [0.717, 1.165) is 17.3 Å². The second kappa shape index (κ2) is 5.56. The van der Waals surface area contributed by atoms with E-state index in [4.69, 9.17) is 0 Å². The molecule has 2 N–H and O–H groups in total. The molecule has 0 saturated carbocycles. The Kier molecular flexibility index (Phi) is 3.62. The lowest BCUT2D eigenvalue weighted by Gasteiger charge is -2.16. The highest BCUT2D eigenvalue weighted by atomic mass is 32.1. The molecule has 1 unspecified atom stereocenters. The molecule has 0 radical (unpaired) electrons. The molecule has 0 saturated heterocycles. The van der Waals surface area contributed by atoms with E-state index in [1.54, 1.807) is 15.9 Å². The molecule has 3 aromatic rings. The number of hydrogen-bond donors (Lipinski definition) is 2. The maximum atomic E-state index is 9.22. The Labute approximate surface area is 120 Å². The first-order chi connectivity index (χ1) is 9.78. The molecule has 0 aliphatic rings. The number of thiophene rings is 1. The number of aliphatic hydroxyl groups excluding tert-OH is 1. The second-order valence-corrected chi connectivity index (χ2v) is 5.44. The Balaban J connectivity index is 1.88. The number of aromatic nitrogens is 4. The van der Waals surface area contributed by atoms with Crippen molar-refractivity contribution in [1.82, 2.24) is 19.8 Å². The number of aliphatic hydroxyl groups is 1. The fourth-order valence-electron chi connectivity index (χ4n) is 2.06. The number of nitrogens with zero attached hydrogens (tertiary/aromatic N) is 4. The van der Waals surface area contributed by atoms with Crippen LogP contribution < -0.4 is 5.32 Å². The van der Waals surface area contributed by atoms with Gasteiger partial charge in [-0.2, -0.15) is 4.52 Å². The van der Waals surface area contributed by atoms with Gasteiger partial charge in [-0.05, 0) is 36.9 Å². The molecule has 20 heavy (non-hydrogen) atoms. The summed E-state index contributed by atoms with van der Waals surface area (Å²) in [5.74, 6) is 1.49. The Morgan fingerprint density at radius 3 is 3.00 bits per heavy atom. The zero-order valence-electron chi connectivity index (χ0n) is 11.0. The highest BCUT2D eigenvalue weighted by molar-refractivity contribution is 7.10. The van der Waals surface area contributed by atoms with Crippen LogP contribution in [0.3, 0.4) is 0 Å². The second-order valence-electron chi connectivity index (χ2n) is 4.46. The van der Waals surface area contributed by atoms with Crippen LogP contribution in [-0.2, 0) is 0 Å². The Morgan fingerprint density at radius 1 is 1.35 bits per heavy atom. The van der Waals surface area contributed by atoms with Crippen molar-refractivity contribution in [2.75, 3.05) is 11.9 Å². The molecule has 0 aliphatic carbocycles. The van der Waals surface area contributed by atoms with Crippen LogP contribution in [-0.4, -0.2) is 31.5 Å². The van der Waals surface area contributed by atoms with Crippen molar-refractivity contribution in [3.05, 3.63) is 40.3 Å². The zero-order chi connectivity index (χ0) is 13.9. The Morgan fingerprint density at radius 2 is 2.25 bits per heavy atom. The predicted octanol–water partition coefficient (Wildman–Crippen LogP) is 2.03. The average Bonchev–Trinajstić information content (AvgIpc) is 3.09. The summed E-state index contributed by atoms with van der Waals surface area (Å²) >= 11 is 1.67. The van der Waals surface area contributed by atoms with E-state index >= 15 is 0 Å². The quantitative estimate of drug-likeness (QED) is 0.751. The van der Waals surface area contributed by atoms with Gasteiger partial charge in [-0.15, -0.1) is 26.6 Å². The first-order valence-electron chi connectivity index (χ1n) is 6.38. The smallest absolute Gasteiger partial charge is 0.178 e. The molecule has 104 valence electrons. The first-order valence-corrected chi connectivity index (χ1v) is 7.26. The first kappa shape index (κ1) is 13.0. The van der Waals surface area contributed by atoms with Crippen LogP contribution in [0.1, 0.15) is 23.2 Å². The van der Waals surface area contributed by atoms with Gasteiger partial charge in [0.15, 0.2) is 11.5 Å².